The highest BCUT2D eigenvalue weighted by molar-refractivity contribution is 5.98. The Labute approximate surface area is 154 Å². The zero-order valence-corrected chi connectivity index (χ0v) is 14.4. The summed E-state index contributed by atoms with van der Waals surface area (Å²) in [6.07, 6.45) is -0.150. The fourth-order valence-corrected chi connectivity index (χ4v) is 2.62. The van der Waals surface area contributed by atoms with Gasteiger partial charge in [0.05, 0.1) is 16.9 Å². The van der Waals surface area contributed by atoms with Crippen molar-refractivity contribution in [3.05, 3.63) is 63.7 Å². The maximum absolute atomic E-state index is 12.3. The van der Waals surface area contributed by atoms with Crippen LogP contribution in [0.25, 0.3) is 0 Å². The van der Waals surface area contributed by atoms with E-state index in [0.29, 0.717) is 35.8 Å². The fraction of sp³-hybridized carbons (Fsp3) is 0.263. The van der Waals surface area contributed by atoms with Crippen molar-refractivity contribution in [3.63, 3.8) is 0 Å². The third-order valence-electron chi connectivity index (χ3n) is 4.00. The van der Waals surface area contributed by atoms with Gasteiger partial charge in [-0.2, -0.15) is 0 Å². The summed E-state index contributed by atoms with van der Waals surface area (Å²) in [6, 6.07) is 10.9. The van der Waals surface area contributed by atoms with E-state index in [9.17, 15) is 19.7 Å². The summed E-state index contributed by atoms with van der Waals surface area (Å²) in [5.41, 5.74) is 0.609. The van der Waals surface area contributed by atoms with E-state index in [1.54, 1.807) is 24.3 Å². The number of Topliss-reactive ketones (excluding diaryl/α,β-unsaturated/α-hetero) is 1. The number of nitrogens with zero attached hydrogens (tertiary/aromatic N) is 1. The van der Waals surface area contributed by atoms with Crippen LogP contribution in [-0.4, -0.2) is 29.9 Å². The number of para-hydroxylation sites is 1. The molecule has 0 fully saturated rings. The van der Waals surface area contributed by atoms with E-state index in [1.165, 1.54) is 18.2 Å². The van der Waals surface area contributed by atoms with Crippen molar-refractivity contribution in [2.24, 2.45) is 0 Å². The fourth-order valence-electron chi connectivity index (χ4n) is 2.62. The van der Waals surface area contributed by atoms with E-state index in [4.69, 9.17) is 14.2 Å². The van der Waals surface area contributed by atoms with Gasteiger partial charge >= 0.3 is 5.97 Å². The van der Waals surface area contributed by atoms with Gasteiger partial charge in [0.25, 0.3) is 5.69 Å². The molecule has 0 unspecified atom stereocenters. The van der Waals surface area contributed by atoms with Gasteiger partial charge < -0.3 is 14.2 Å². The van der Waals surface area contributed by atoms with Crippen LogP contribution >= 0.6 is 0 Å². The summed E-state index contributed by atoms with van der Waals surface area (Å²) >= 11 is 0. The first kappa shape index (κ1) is 18.4. The Morgan fingerprint density at radius 3 is 2.56 bits per heavy atom. The summed E-state index contributed by atoms with van der Waals surface area (Å²) in [5.74, 6) is 0.265. The van der Waals surface area contributed by atoms with Gasteiger partial charge in [-0.25, -0.2) is 0 Å². The number of ketones is 1. The van der Waals surface area contributed by atoms with Crippen LogP contribution in [0.15, 0.2) is 42.5 Å². The molecule has 0 aliphatic carbocycles. The van der Waals surface area contributed by atoms with Gasteiger partial charge in [0.2, 0.25) is 0 Å². The number of rotatable bonds is 7. The highest BCUT2D eigenvalue weighted by Crippen LogP contribution is 2.31. The quantitative estimate of drug-likeness (QED) is 0.319. The number of nitro groups is 1. The zero-order chi connectivity index (χ0) is 19.2. The molecular formula is C19H17NO7. The lowest BCUT2D eigenvalue weighted by atomic mass is 10.1. The molecule has 3 rings (SSSR count). The molecule has 140 valence electrons. The minimum atomic E-state index is -0.598. The number of fused-ring (bicyclic) bond motifs is 1. The number of hydrogen-bond acceptors (Lipinski definition) is 7. The minimum Gasteiger partial charge on any atom is -0.486 e. The first-order valence-corrected chi connectivity index (χ1v) is 8.35. The standard InChI is InChI=1S/C19H17NO7/c21-16(13-5-7-17-18(11-13)26-10-9-25-17)6-8-19(22)27-12-14-3-1-2-4-15(14)20(23)24/h1-5,7,11H,6,8-10,12H2. The van der Waals surface area contributed by atoms with E-state index in [2.05, 4.69) is 0 Å². The molecule has 1 heterocycles. The van der Waals surface area contributed by atoms with Crippen LogP contribution in [0.3, 0.4) is 0 Å². The average molecular weight is 371 g/mol. The van der Waals surface area contributed by atoms with Crippen LogP contribution in [-0.2, 0) is 16.1 Å². The van der Waals surface area contributed by atoms with Gasteiger partial charge in [-0.15, -0.1) is 0 Å². The lowest BCUT2D eigenvalue weighted by Gasteiger charge is -2.18. The van der Waals surface area contributed by atoms with Gasteiger partial charge in [0.15, 0.2) is 17.3 Å². The van der Waals surface area contributed by atoms with Crippen molar-refractivity contribution in [2.75, 3.05) is 13.2 Å². The second-order valence-corrected chi connectivity index (χ2v) is 5.83. The Morgan fingerprint density at radius 1 is 1.04 bits per heavy atom. The molecule has 0 atom stereocenters. The van der Waals surface area contributed by atoms with Crippen LogP contribution in [0.5, 0.6) is 11.5 Å². The van der Waals surface area contributed by atoms with Crippen LogP contribution in [0.1, 0.15) is 28.8 Å². The van der Waals surface area contributed by atoms with E-state index >= 15 is 0 Å². The van der Waals surface area contributed by atoms with Gasteiger partial charge in [0.1, 0.15) is 19.8 Å². The van der Waals surface area contributed by atoms with Crippen molar-refractivity contribution in [1.82, 2.24) is 0 Å². The third kappa shape index (κ3) is 4.60. The Balaban J connectivity index is 1.52. The molecule has 0 saturated heterocycles. The number of esters is 1. The number of benzene rings is 2. The molecule has 0 radical (unpaired) electrons. The summed E-state index contributed by atoms with van der Waals surface area (Å²) in [5, 5.41) is 10.9. The van der Waals surface area contributed by atoms with Crippen LogP contribution in [0.2, 0.25) is 0 Å². The maximum atomic E-state index is 12.3. The van der Waals surface area contributed by atoms with Crippen molar-refractivity contribution < 1.29 is 28.7 Å². The first-order valence-electron chi connectivity index (χ1n) is 8.35. The molecule has 1 aliphatic rings. The Kier molecular flexibility index (Phi) is 5.65. The van der Waals surface area contributed by atoms with Gasteiger partial charge in [-0.05, 0) is 24.3 Å². The normalized spacial score (nSPS) is 12.3. The first-order chi connectivity index (χ1) is 13.0. The van der Waals surface area contributed by atoms with Crippen LogP contribution < -0.4 is 9.47 Å². The largest absolute Gasteiger partial charge is 0.486 e. The van der Waals surface area contributed by atoms with Crippen molar-refractivity contribution in [3.8, 4) is 11.5 Å². The maximum Gasteiger partial charge on any atom is 0.306 e. The lowest BCUT2D eigenvalue weighted by Crippen LogP contribution is -2.16. The predicted octanol–water partition coefficient (Wildman–Crippen LogP) is 3.07. The third-order valence-corrected chi connectivity index (χ3v) is 4.00. The van der Waals surface area contributed by atoms with Crippen molar-refractivity contribution >= 4 is 17.4 Å². The number of hydrogen-bond donors (Lipinski definition) is 0. The molecule has 0 bridgehead atoms. The molecule has 0 spiro atoms. The average Bonchev–Trinajstić information content (AvgIpc) is 2.70. The van der Waals surface area contributed by atoms with E-state index < -0.39 is 10.9 Å². The SMILES string of the molecule is O=C(CCC(=O)c1ccc2c(c1)OCCO2)OCc1ccccc1[N+](=O)[O-]. The molecule has 2 aromatic carbocycles. The Hall–Kier alpha value is -3.42. The molecule has 8 nitrogen and oxygen atoms in total. The summed E-state index contributed by atoms with van der Waals surface area (Å²) < 4.78 is 15.9. The minimum absolute atomic E-state index is 0.0324. The Bertz CT molecular complexity index is 878. The van der Waals surface area contributed by atoms with E-state index in [1.807, 2.05) is 0 Å². The lowest BCUT2D eigenvalue weighted by molar-refractivity contribution is -0.385. The van der Waals surface area contributed by atoms with Gasteiger partial charge in [0, 0.05) is 18.1 Å². The monoisotopic (exact) mass is 371 g/mol. The zero-order valence-electron chi connectivity index (χ0n) is 14.4. The van der Waals surface area contributed by atoms with Crippen molar-refractivity contribution in [1.29, 1.82) is 0 Å². The van der Waals surface area contributed by atoms with Crippen molar-refractivity contribution in [2.45, 2.75) is 19.4 Å². The smallest absolute Gasteiger partial charge is 0.306 e. The molecule has 2 aromatic rings. The molecule has 8 heteroatoms. The molecule has 0 aromatic heterocycles. The molecule has 27 heavy (non-hydrogen) atoms. The number of nitro benzene ring substituents is 1. The molecule has 0 saturated carbocycles. The summed E-state index contributed by atoms with van der Waals surface area (Å²) in [7, 11) is 0. The van der Waals surface area contributed by atoms with Gasteiger partial charge in [-0.1, -0.05) is 12.1 Å². The highest BCUT2D eigenvalue weighted by atomic mass is 16.6. The number of carbonyl (C=O) groups excluding carboxylic acids is 2. The molecular weight excluding hydrogens is 354 g/mol. The van der Waals surface area contributed by atoms with Crippen LogP contribution in [0.4, 0.5) is 5.69 Å². The molecule has 0 amide bonds. The number of ether oxygens (including phenoxy) is 3. The number of carbonyl (C=O) groups is 2. The molecule has 1 aliphatic heterocycles. The predicted molar refractivity (Wildman–Crippen MR) is 93.9 cm³/mol. The molecule has 0 N–H and O–H groups in total. The van der Waals surface area contributed by atoms with Gasteiger partial charge in [-0.3, -0.25) is 19.7 Å². The topological polar surface area (TPSA) is 105 Å². The highest BCUT2D eigenvalue weighted by Gasteiger charge is 2.17. The second-order valence-electron chi connectivity index (χ2n) is 5.83. The Morgan fingerprint density at radius 2 is 1.78 bits per heavy atom. The van der Waals surface area contributed by atoms with Crippen LogP contribution in [0, 0.1) is 10.1 Å². The van der Waals surface area contributed by atoms with E-state index in [-0.39, 0.29) is 30.9 Å². The van der Waals surface area contributed by atoms with E-state index in [0.717, 1.165) is 0 Å². The second kappa shape index (κ2) is 8.31. The summed E-state index contributed by atoms with van der Waals surface area (Å²) in [6.45, 7) is 0.669. The summed E-state index contributed by atoms with van der Waals surface area (Å²) in [4.78, 5) is 34.5.